The van der Waals surface area contributed by atoms with E-state index in [-0.39, 0.29) is 11.9 Å². The standard InChI is InChI=1S/C20H17ClN4O2/c21-15-10-8-13(9-11-15)19-24-25-20(27-19)23-18(26)7-3-4-14-12-22-17-6-2-1-5-16(14)17/h1-2,5-6,8-12,22H,3-4,7H2,(H,23,25,26). The first kappa shape index (κ1) is 17.3. The number of aromatic nitrogens is 3. The number of hydrogen-bond donors (Lipinski definition) is 2. The number of amides is 1. The molecular formula is C20H17ClN4O2. The molecular weight excluding hydrogens is 364 g/mol. The predicted octanol–water partition coefficient (Wildman–Crippen LogP) is 4.83. The van der Waals surface area contributed by atoms with Crippen LogP contribution < -0.4 is 5.32 Å². The second-order valence-corrected chi connectivity index (χ2v) is 6.62. The van der Waals surface area contributed by atoms with Crippen LogP contribution in [0, 0.1) is 0 Å². The molecule has 4 aromatic rings. The van der Waals surface area contributed by atoms with E-state index in [4.69, 9.17) is 16.0 Å². The Morgan fingerprint density at radius 2 is 1.93 bits per heavy atom. The fourth-order valence-electron chi connectivity index (χ4n) is 2.94. The van der Waals surface area contributed by atoms with Crippen molar-refractivity contribution in [3.63, 3.8) is 0 Å². The SMILES string of the molecule is O=C(CCCc1c[nH]c2ccccc12)Nc1nnc(-c2ccc(Cl)cc2)o1. The van der Waals surface area contributed by atoms with E-state index >= 15 is 0 Å². The van der Waals surface area contributed by atoms with Crippen molar-refractivity contribution in [2.75, 3.05) is 5.32 Å². The summed E-state index contributed by atoms with van der Waals surface area (Å²) in [4.78, 5) is 15.4. The molecule has 1 amide bonds. The van der Waals surface area contributed by atoms with Gasteiger partial charge in [-0.05, 0) is 48.7 Å². The second kappa shape index (κ2) is 7.63. The number of carbonyl (C=O) groups is 1. The number of fused-ring (bicyclic) bond motifs is 1. The van der Waals surface area contributed by atoms with Crippen LogP contribution in [-0.2, 0) is 11.2 Å². The van der Waals surface area contributed by atoms with Crippen molar-refractivity contribution in [2.24, 2.45) is 0 Å². The highest BCUT2D eigenvalue weighted by molar-refractivity contribution is 6.30. The zero-order valence-electron chi connectivity index (χ0n) is 14.4. The molecule has 0 radical (unpaired) electrons. The van der Waals surface area contributed by atoms with Crippen molar-refractivity contribution in [1.82, 2.24) is 15.2 Å². The van der Waals surface area contributed by atoms with Gasteiger partial charge in [0.1, 0.15) is 0 Å². The number of hydrogen-bond acceptors (Lipinski definition) is 4. The number of halogens is 1. The molecule has 0 aliphatic heterocycles. The summed E-state index contributed by atoms with van der Waals surface area (Å²) in [5.41, 5.74) is 3.06. The first-order chi connectivity index (χ1) is 13.2. The van der Waals surface area contributed by atoms with Gasteiger partial charge in [0, 0.05) is 34.1 Å². The lowest BCUT2D eigenvalue weighted by Crippen LogP contribution is -2.11. The maximum absolute atomic E-state index is 12.1. The molecule has 0 spiro atoms. The number of para-hydroxylation sites is 1. The van der Waals surface area contributed by atoms with E-state index in [1.807, 2.05) is 24.4 Å². The van der Waals surface area contributed by atoms with E-state index in [2.05, 4.69) is 26.6 Å². The van der Waals surface area contributed by atoms with E-state index in [0.717, 1.165) is 23.9 Å². The highest BCUT2D eigenvalue weighted by Crippen LogP contribution is 2.22. The van der Waals surface area contributed by atoms with Crippen LogP contribution in [0.2, 0.25) is 5.02 Å². The van der Waals surface area contributed by atoms with Crippen LogP contribution in [0.15, 0.2) is 59.1 Å². The Morgan fingerprint density at radius 1 is 1.11 bits per heavy atom. The number of nitrogens with one attached hydrogen (secondary N) is 2. The first-order valence-corrected chi connectivity index (χ1v) is 9.01. The third-order valence-corrected chi connectivity index (χ3v) is 4.54. The van der Waals surface area contributed by atoms with Crippen LogP contribution in [0.1, 0.15) is 18.4 Å². The van der Waals surface area contributed by atoms with Crippen molar-refractivity contribution < 1.29 is 9.21 Å². The molecule has 2 aromatic heterocycles. The molecule has 27 heavy (non-hydrogen) atoms. The highest BCUT2D eigenvalue weighted by Gasteiger charge is 2.12. The van der Waals surface area contributed by atoms with E-state index in [9.17, 15) is 4.79 Å². The summed E-state index contributed by atoms with van der Waals surface area (Å²) in [5, 5.41) is 12.3. The molecule has 2 aromatic carbocycles. The van der Waals surface area contributed by atoms with Gasteiger partial charge in [-0.25, -0.2) is 0 Å². The number of anilines is 1. The Labute approximate surface area is 160 Å². The van der Waals surface area contributed by atoms with E-state index in [0.29, 0.717) is 17.3 Å². The molecule has 0 bridgehead atoms. The normalized spacial score (nSPS) is 11.0. The van der Waals surface area contributed by atoms with Gasteiger partial charge in [-0.15, -0.1) is 5.10 Å². The molecule has 136 valence electrons. The van der Waals surface area contributed by atoms with Gasteiger partial charge in [-0.3, -0.25) is 10.1 Å². The summed E-state index contributed by atoms with van der Waals surface area (Å²) in [5.74, 6) is 0.182. The van der Waals surface area contributed by atoms with Crippen LogP contribution in [0.5, 0.6) is 0 Å². The summed E-state index contributed by atoms with van der Waals surface area (Å²) < 4.78 is 5.49. The largest absolute Gasteiger partial charge is 0.403 e. The average Bonchev–Trinajstić information content (AvgIpc) is 3.30. The van der Waals surface area contributed by atoms with Crippen molar-refractivity contribution in [1.29, 1.82) is 0 Å². The predicted molar refractivity (Wildman–Crippen MR) is 105 cm³/mol. The van der Waals surface area contributed by atoms with Gasteiger partial charge in [0.2, 0.25) is 11.8 Å². The van der Waals surface area contributed by atoms with Crippen LogP contribution in [0.25, 0.3) is 22.4 Å². The van der Waals surface area contributed by atoms with E-state index < -0.39 is 0 Å². The number of nitrogens with zero attached hydrogens (tertiary/aromatic N) is 2. The van der Waals surface area contributed by atoms with Crippen molar-refractivity contribution >= 4 is 34.4 Å². The molecule has 0 saturated carbocycles. The molecule has 0 aliphatic carbocycles. The van der Waals surface area contributed by atoms with Crippen LogP contribution in [-0.4, -0.2) is 21.1 Å². The Kier molecular flexibility index (Phi) is 4.89. The lowest BCUT2D eigenvalue weighted by atomic mass is 10.1. The number of benzene rings is 2. The molecule has 0 aliphatic rings. The second-order valence-electron chi connectivity index (χ2n) is 6.18. The van der Waals surface area contributed by atoms with Gasteiger partial charge in [0.15, 0.2) is 0 Å². The third kappa shape index (κ3) is 4.01. The molecule has 0 atom stereocenters. The molecule has 2 N–H and O–H groups in total. The monoisotopic (exact) mass is 380 g/mol. The quantitative estimate of drug-likeness (QED) is 0.501. The minimum atomic E-state index is -0.152. The molecule has 0 fully saturated rings. The Hall–Kier alpha value is -3.12. The Bertz CT molecular complexity index is 1070. The minimum absolute atomic E-state index is 0.0945. The number of aryl methyl sites for hydroxylation is 1. The molecule has 0 saturated heterocycles. The van der Waals surface area contributed by atoms with Crippen molar-refractivity contribution in [3.8, 4) is 11.5 Å². The van der Waals surface area contributed by atoms with Gasteiger partial charge >= 0.3 is 6.01 Å². The number of H-pyrrole nitrogens is 1. The van der Waals surface area contributed by atoms with Gasteiger partial charge in [0.25, 0.3) is 0 Å². The number of aromatic amines is 1. The average molecular weight is 381 g/mol. The fourth-order valence-corrected chi connectivity index (χ4v) is 3.07. The summed E-state index contributed by atoms with van der Waals surface area (Å²) in [6.07, 6.45) is 3.92. The summed E-state index contributed by atoms with van der Waals surface area (Å²) in [7, 11) is 0. The number of carbonyl (C=O) groups excluding carboxylic acids is 1. The fraction of sp³-hybridized carbons (Fsp3) is 0.150. The van der Waals surface area contributed by atoms with E-state index in [1.54, 1.807) is 24.3 Å². The zero-order chi connectivity index (χ0) is 18.6. The first-order valence-electron chi connectivity index (χ1n) is 8.63. The third-order valence-electron chi connectivity index (χ3n) is 4.29. The molecule has 4 rings (SSSR count). The van der Waals surface area contributed by atoms with Crippen molar-refractivity contribution in [3.05, 3.63) is 65.3 Å². The van der Waals surface area contributed by atoms with Gasteiger partial charge in [-0.1, -0.05) is 34.9 Å². The van der Waals surface area contributed by atoms with Crippen LogP contribution >= 0.6 is 11.6 Å². The zero-order valence-corrected chi connectivity index (χ0v) is 15.2. The molecule has 7 heteroatoms. The van der Waals surface area contributed by atoms with Crippen LogP contribution in [0.4, 0.5) is 6.01 Å². The number of rotatable bonds is 6. The Balaban J connectivity index is 1.31. The van der Waals surface area contributed by atoms with E-state index in [1.165, 1.54) is 10.9 Å². The molecule has 6 nitrogen and oxygen atoms in total. The van der Waals surface area contributed by atoms with Crippen LogP contribution in [0.3, 0.4) is 0 Å². The summed E-state index contributed by atoms with van der Waals surface area (Å²) in [6.45, 7) is 0. The molecule has 2 heterocycles. The maximum Gasteiger partial charge on any atom is 0.322 e. The lowest BCUT2D eigenvalue weighted by molar-refractivity contribution is -0.116. The van der Waals surface area contributed by atoms with Gasteiger partial charge in [0.05, 0.1) is 0 Å². The topological polar surface area (TPSA) is 83.8 Å². The van der Waals surface area contributed by atoms with Gasteiger partial charge < -0.3 is 9.40 Å². The smallest absolute Gasteiger partial charge is 0.322 e. The molecule has 0 unspecified atom stereocenters. The highest BCUT2D eigenvalue weighted by atomic mass is 35.5. The minimum Gasteiger partial charge on any atom is -0.403 e. The van der Waals surface area contributed by atoms with Crippen molar-refractivity contribution in [2.45, 2.75) is 19.3 Å². The maximum atomic E-state index is 12.1. The summed E-state index contributed by atoms with van der Waals surface area (Å²) >= 11 is 5.87. The Morgan fingerprint density at radius 3 is 2.78 bits per heavy atom. The van der Waals surface area contributed by atoms with Gasteiger partial charge in [-0.2, -0.15) is 0 Å². The summed E-state index contributed by atoms with van der Waals surface area (Å²) in [6, 6.07) is 15.3. The lowest BCUT2D eigenvalue weighted by Gasteiger charge is -2.01.